The minimum atomic E-state index is -1.83. The summed E-state index contributed by atoms with van der Waals surface area (Å²) in [5.41, 5.74) is 1.19. The van der Waals surface area contributed by atoms with E-state index in [4.69, 9.17) is 8.92 Å². The second-order valence-corrected chi connectivity index (χ2v) is 7.25. The van der Waals surface area contributed by atoms with Gasteiger partial charge in [-0.3, -0.25) is 8.91 Å². The van der Waals surface area contributed by atoms with Gasteiger partial charge in [-0.25, -0.2) is 8.60 Å². The number of fused-ring (bicyclic) bond motifs is 1. The first-order chi connectivity index (χ1) is 14.2. The topological polar surface area (TPSA) is 47.6 Å². The minimum absolute atomic E-state index is 0.176. The fourth-order valence-corrected chi connectivity index (χ4v) is 3.53. The molecule has 4 aromatic carbocycles. The Kier molecular flexibility index (Phi) is 5.84. The van der Waals surface area contributed by atoms with Gasteiger partial charge in [-0.1, -0.05) is 66.7 Å². The number of ether oxygens (including phenoxy) is 1. The minimum Gasteiger partial charge on any atom is -0.457 e. The SMILES string of the molecule is O=S(Nc1cc(F)cc(Oc2cccc3ccccc23)c1)OCc1ccccc1. The van der Waals surface area contributed by atoms with Crippen LogP contribution in [-0.4, -0.2) is 4.21 Å². The van der Waals surface area contributed by atoms with Gasteiger partial charge in [0.25, 0.3) is 11.3 Å². The van der Waals surface area contributed by atoms with Gasteiger partial charge in [-0.2, -0.15) is 0 Å². The van der Waals surface area contributed by atoms with E-state index in [2.05, 4.69) is 4.72 Å². The van der Waals surface area contributed by atoms with Gasteiger partial charge in [0.05, 0.1) is 12.3 Å². The number of hydrogen-bond donors (Lipinski definition) is 1. The van der Waals surface area contributed by atoms with Crippen molar-refractivity contribution in [2.75, 3.05) is 4.72 Å². The summed E-state index contributed by atoms with van der Waals surface area (Å²) in [5, 5.41) is 1.94. The largest absolute Gasteiger partial charge is 0.457 e. The summed E-state index contributed by atoms with van der Waals surface area (Å²) in [6.45, 7) is 0.176. The van der Waals surface area contributed by atoms with Crippen molar-refractivity contribution in [2.24, 2.45) is 0 Å². The molecule has 0 spiro atoms. The summed E-state index contributed by atoms with van der Waals surface area (Å²) in [6.07, 6.45) is 0. The zero-order chi connectivity index (χ0) is 20.1. The zero-order valence-corrected chi connectivity index (χ0v) is 16.2. The summed E-state index contributed by atoms with van der Waals surface area (Å²) in [5.74, 6) is 0.398. The van der Waals surface area contributed by atoms with E-state index in [9.17, 15) is 8.60 Å². The van der Waals surface area contributed by atoms with Crippen LogP contribution in [-0.2, 0) is 22.1 Å². The van der Waals surface area contributed by atoms with Gasteiger partial charge in [0.15, 0.2) is 0 Å². The average Bonchev–Trinajstić information content (AvgIpc) is 2.73. The molecule has 29 heavy (non-hydrogen) atoms. The molecular formula is C23H18FNO3S. The smallest absolute Gasteiger partial charge is 0.262 e. The molecule has 0 saturated carbocycles. The van der Waals surface area contributed by atoms with Crippen LogP contribution >= 0.6 is 0 Å². The molecule has 0 radical (unpaired) electrons. The molecule has 0 bridgehead atoms. The van der Waals surface area contributed by atoms with Gasteiger partial charge >= 0.3 is 0 Å². The number of benzene rings is 4. The Bertz CT molecular complexity index is 1150. The van der Waals surface area contributed by atoms with E-state index in [1.165, 1.54) is 12.1 Å². The van der Waals surface area contributed by atoms with Gasteiger partial charge in [-0.05, 0) is 23.1 Å². The summed E-state index contributed by atoms with van der Waals surface area (Å²) in [4.78, 5) is 0. The third-order valence-corrected chi connectivity index (χ3v) is 4.96. The lowest BCUT2D eigenvalue weighted by atomic mass is 10.1. The Labute approximate surface area is 170 Å². The van der Waals surface area contributed by atoms with Crippen LogP contribution in [0.2, 0.25) is 0 Å². The van der Waals surface area contributed by atoms with Crippen molar-refractivity contribution in [3.05, 3.63) is 102 Å². The standard InChI is InChI=1S/C23H18FNO3S/c24-19-13-20(25-29(26)27-16-17-7-2-1-3-8-17)15-21(14-19)28-23-12-6-10-18-9-4-5-11-22(18)23/h1-15,25H,16H2. The maximum absolute atomic E-state index is 14.1. The van der Waals surface area contributed by atoms with Gasteiger partial charge in [0.2, 0.25) is 0 Å². The predicted molar refractivity (Wildman–Crippen MR) is 113 cm³/mol. The van der Waals surface area contributed by atoms with Crippen molar-refractivity contribution >= 4 is 27.7 Å². The highest BCUT2D eigenvalue weighted by Gasteiger charge is 2.09. The molecule has 0 aliphatic rings. The lowest BCUT2D eigenvalue weighted by Gasteiger charge is -2.11. The van der Waals surface area contributed by atoms with Crippen LogP contribution in [0.15, 0.2) is 91.0 Å². The Hall–Kier alpha value is -3.22. The fraction of sp³-hybridized carbons (Fsp3) is 0.0435. The van der Waals surface area contributed by atoms with Crippen molar-refractivity contribution in [1.82, 2.24) is 0 Å². The lowest BCUT2D eigenvalue weighted by molar-refractivity contribution is 0.340. The van der Waals surface area contributed by atoms with Crippen LogP contribution in [0.4, 0.5) is 10.1 Å². The van der Waals surface area contributed by atoms with Crippen LogP contribution < -0.4 is 9.46 Å². The van der Waals surface area contributed by atoms with E-state index in [1.807, 2.05) is 72.8 Å². The molecule has 4 rings (SSSR count). The molecule has 0 aliphatic heterocycles. The van der Waals surface area contributed by atoms with E-state index in [0.29, 0.717) is 17.2 Å². The van der Waals surface area contributed by atoms with E-state index >= 15 is 0 Å². The normalized spacial score (nSPS) is 11.9. The van der Waals surface area contributed by atoms with E-state index in [-0.39, 0.29) is 6.61 Å². The number of halogens is 1. The van der Waals surface area contributed by atoms with Gasteiger partial charge < -0.3 is 4.74 Å². The maximum Gasteiger partial charge on any atom is 0.262 e. The zero-order valence-electron chi connectivity index (χ0n) is 15.4. The first-order valence-electron chi connectivity index (χ1n) is 8.99. The number of anilines is 1. The highest BCUT2D eigenvalue weighted by molar-refractivity contribution is 7.81. The summed E-state index contributed by atoms with van der Waals surface area (Å²) in [7, 11) is 0. The van der Waals surface area contributed by atoms with Crippen molar-refractivity contribution in [2.45, 2.75) is 6.61 Å². The molecule has 0 aromatic heterocycles. The lowest BCUT2D eigenvalue weighted by Crippen LogP contribution is -2.08. The highest BCUT2D eigenvalue weighted by atomic mass is 32.2. The quantitative estimate of drug-likeness (QED) is 0.410. The van der Waals surface area contributed by atoms with Crippen molar-refractivity contribution in [1.29, 1.82) is 0 Å². The molecule has 4 nitrogen and oxygen atoms in total. The van der Waals surface area contributed by atoms with Crippen LogP contribution in [0.25, 0.3) is 10.8 Å². The second kappa shape index (κ2) is 8.86. The molecule has 4 aromatic rings. The van der Waals surface area contributed by atoms with Gasteiger partial charge in [-0.15, -0.1) is 0 Å². The number of hydrogen-bond acceptors (Lipinski definition) is 3. The second-order valence-electron chi connectivity index (χ2n) is 6.34. The molecule has 0 amide bonds. The third-order valence-electron chi connectivity index (χ3n) is 4.23. The first kappa shape index (κ1) is 19.1. The molecule has 0 aliphatic carbocycles. The Morgan fingerprint density at radius 1 is 0.862 bits per heavy atom. The maximum atomic E-state index is 14.1. The van der Waals surface area contributed by atoms with Gasteiger partial charge in [0, 0.05) is 17.5 Å². The Morgan fingerprint density at radius 3 is 2.48 bits per heavy atom. The molecular weight excluding hydrogens is 389 g/mol. The summed E-state index contributed by atoms with van der Waals surface area (Å²) < 4.78 is 40.1. The van der Waals surface area contributed by atoms with Gasteiger partial charge in [0.1, 0.15) is 17.3 Å². The Morgan fingerprint density at radius 2 is 1.62 bits per heavy atom. The van der Waals surface area contributed by atoms with Crippen molar-refractivity contribution in [3.63, 3.8) is 0 Å². The fourth-order valence-electron chi connectivity index (χ4n) is 2.91. The Balaban J connectivity index is 1.48. The van der Waals surface area contributed by atoms with Crippen molar-refractivity contribution in [3.8, 4) is 11.5 Å². The molecule has 0 fully saturated rings. The summed E-state index contributed by atoms with van der Waals surface area (Å²) >= 11 is -1.83. The summed E-state index contributed by atoms with van der Waals surface area (Å²) in [6, 6.07) is 26.9. The van der Waals surface area contributed by atoms with Crippen LogP contribution in [0.5, 0.6) is 11.5 Å². The monoisotopic (exact) mass is 407 g/mol. The number of rotatable bonds is 7. The number of nitrogens with one attached hydrogen (secondary N) is 1. The molecule has 1 N–H and O–H groups in total. The molecule has 1 atom stereocenters. The molecule has 0 heterocycles. The van der Waals surface area contributed by atoms with Crippen LogP contribution in [0, 0.1) is 5.82 Å². The van der Waals surface area contributed by atoms with E-state index < -0.39 is 17.1 Å². The average molecular weight is 407 g/mol. The van der Waals surface area contributed by atoms with E-state index in [1.54, 1.807) is 6.07 Å². The van der Waals surface area contributed by atoms with Crippen molar-refractivity contribution < 1.29 is 17.5 Å². The van der Waals surface area contributed by atoms with Crippen LogP contribution in [0.3, 0.4) is 0 Å². The molecule has 6 heteroatoms. The highest BCUT2D eigenvalue weighted by Crippen LogP contribution is 2.31. The predicted octanol–water partition coefficient (Wildman–Crippen LogP) is 5.98. The molecule has 1 unspecified atom stereocenters. The third kappa shape index (κ3) is 4.99. The molecule has 146 valence electrons. The van der Waals surface area contributed by atoms with Crippen LogP contribution in [0.1, 0.15) is 5.56 Å². The van der Waals surface area contributed by atoms with E-state index in [0.717, 1.165) is 16.3 Å². The molecule has 0 saturated heterocycles. The first-order valence-corrected chi connectivity index (χ1v) is 10.1.